The summed E-state index contributed by atoms with van der Waals surface area (Å²) in [5, 5.41) is 9.21. The highest BCUT2D eigenvalue weighted by molar-refractivity contribution is 5.76. The van der Waals surface area contributed by atoms with Gasteiger partial charge in [-0.1, -0.05) is 30.3 Å². The van der Waals surface area contributed by atoms with E-state index in [1.807, 2.05) is 0 Å². The van der Waals surface area contributed by atoms with Gasteiger partial charge >= 0.3 is 11.9 Å². The molecule has 0 saturated carbocycles. The minimum atomic E-state index is -3.65. The topological polar surface area (TPSA) is 46.5 Å². The molecule has 0 saturated heterocycles. The van der Waals surface area contributed by atoms with E-state index in [0.29, 0.717) is 0 Å². The van der Waals surface area contributed by atoms with E-state index in [9.17, 15) is 18.7 Å². The normalized spacial score (nSPS) is 13.2. The molecule has 0 aliphatic rings. The molecule has 0 spiro atoms. The molecule has 0 radical (unpaired) electrons. The summed E-state index contributed by atoms with van der Waals surface area (Å²) in [5.41, 5.74) is -0.421. The molecule has 0 aliphatic carbocycles. The summed E-state index contributed by atoms with van der Waals surface area (Å²) in [6, 6.07) is 6.66. The first kappa shape index (κ1) is 12.6. The largest absolute Gasteiger partial charge is 0.464 e. The summed E-state index contributed by atoms with van der Waals surface area (Å²) in [6.07, 6.45) is -2.48. The maximum Gasteiger partial charge on any atom is 0.341 e. The van der Waals surface area contributed by atoms with Crippen molar-refractivity contribution in [2.75, 3.05) is 6.61 Å². The molecule has 0 aliphatic heterocycles. The van der Waals surface area contributed by atoms with E-state index in [0.717, 1.165) is 12.1 Å². The van der Waals surface area contributed by atoms with Crippen LogP contribution in [-0.2, 0) is 15.5 Å². The molecular formula is C11H12F2O3. The molecule has 0 unspecified atom stereocenters. The fourth-order valence-electron chi connectivity index (χ4n) is 1.19. The van der Waals surface area contributed by atoms with Gasteiger partial charge in [-0.2, -0.15) is 8.78 Å². The van der Waals surface area contributed by atoms with E-state index in [1.165, 1.54) is 19.1 Å². The molecule has 0 aromatic heterocycles. The number of carbonyl (C=O) groups excluding carboxylic acids is 1. The summed E-state index contributed by atoms with van der Waals surface area (Å²) >= 11 is 0. The van der Waals surface area contributed by atoms with E-state index in [1.54, 1.807) is 6.07 Å². The Bertz CT molecular complexity index is 352. The average molecular weight is 230 g/mol. The van der Waals surface area contributed by atoms with Gasteiger partial charge in [-0.05, 0) is 6.92 Å². The minimum absolute atomic E-state index is 0.0548. The lowest BCUT2D eigenvalue weighted by atomic mass is 10.0. The van der Waals surface area contributed by atoms with Gasteiger partial charge in [0.15, 0.2) is 0 Å². The van der Waals surface area contributed by atoms with E-state index >= 15 is 0 Å². The van der Waals surface area contributed by atoms with Crippen molar-refractivity contribution < 1.29 is 23.4 Å². The Balaban J connectivity index is 2.89. The van der Waals surface area contributed by atoms with Crippen molar-refractivity contribution >= 4 is 5.97 Å². The average Bonchev–Trinajstić information content (AvgIpc) is 2.29. The summed E-state index contributed by atoms with van der Waals surface area (Å²) in [4.78, 5) is 11.0. The maximum atomic E-state index is 13.6. The van der Waals surface area contributed by atoms with Gasteiger partial charge in [0.05, 0.1) is 6.61 Å². The number of hydrogen-bond donors (Lipinski definition) is 1. The number of hydrogen-bond acceptors (Lipinski definition) is 3. The van der Waals surface area contributed by atoms with Crippen molar-refractivity contribution in [3.63, 3.8) is 0 Å². The minimum Gasteiger partial charge on any atom is -0.464 e. The molecular weight excluding hydrogens is 218 g/mol. The zero-order chi connectivity index (χ0) is 12.2. The standard InChI is InChI=1S/C11H12F2O3/c1-2-16-10(15)9(14)11(12,13)8-6-4-3-5-7-8/h3-7,9,14H,2H2,1H3/t9-/m1/s1. The van der Waals surface area contributed by atoms with Crippen LogP contribution in [0.4, 0.5) is 8.78 Å². The van der Waals surface area contributed by atoms with Crippen LogP contribution >= 0.6 is 0 Å². The van der Waals surface area contributed by atoms with Crippen molar-refractivity contribution in [3.8, 4) is 0 Å². The van der Waals surface area contributed by atoms with E-state index in [-0.39, 0.29) is 6.61 Å². The van der Waals surface area contributed by atoms with Crippen molar-refractivity contribution in [3.05, 3.63) is 35.9 Å². The number of halogens is 2. The lowest BCUT2D eigenvalue weighted by Crippen LogP contribution is -2.39. The zero-order valence-electron chi connectivity index (χ0n) is 8.69. The van der Waals surface area contributed by atoms with Gasteiger partial charge in [0.1, 0.15) is 0 Å². The molecule has 1 aromatic rings. The third-order valence-corrected chi connectivity index (χ3v) is 2.01. The molecule has 16 heavy (non-hydrogen) atoms. The fourth-order valence-corrected chi connectivity index (χ4v) is 1.19. The molecule has 0 amide bonds. The number of esters is 1. The number of ether oxygens (including phenoxy) is 1. The first-order valence-corrected chi connectivity index (χ1v) is 4.78. The quantitative estimate of drug-likeness (QED) is 0.801. The van der Waals surface area contributed by atoms with Crippen molar-refractivity contribution in [1.29, 1.82) is 0 Å². The molecule has 0 fully saturated rings. The Hall–Kier alpha value is -1.49. The first-order valence-electron chi connectivity index (χ1n) is 4.78. The van der Waals surface area contributed by atoms with Crippen LogP contribution in [0.15, 0.2) is 30.3 Å². The number of aliphatic hydroxyl groups is 1. The smallest absolute Gasteiger partial charge is 0.341 e. The van der Waals surface area contributed by atoms with Crippen LogP contribution in [-0.4, -0.2) is 23.8 Å². The van der Waals surface area contributed by atoms with Crippen LogP contribution in [0.3, 0.4) is 0 Å². The van der Waals surface area contributed by atoms with Gasteiger partial charge in [0.25, 0.3) is 0 Å². The van der Waals surface area contributed by atoms with E-state index in [4.69, 9.17) is 0 Å². The van der Waals surface area contributed by atoms with Crippen molar-refractivity contribution in [1.82, 2.24) is 0 Å². The molecule has 1 rings (SSSR count). The van der Waals surface area contributed by atoms with Crippen LogP contribution in [0.1, 0.15) is 12.5 Å². The number of rotatable bonds is 4. The van der Waals surface area contributed by atoms with Gasteiger partial charge < -0.3 is 9.84 Å². The van der Waals surface area contributed by atoms with E-state index < -0.39 is 23.6 Å². The van der Waals surface area contributed by atoms with Gasteiger partial charge in [-0.25, -0.2) is 4.79 Å². The summed E-state index contributed by atoms with van der Waals surface area (Å²) in [5.74, 6) is -4.97. The second kappa shape index (κ2) is 5.03. The maximum absolute atomic E-state index is 13.6. The Labute approximate surface area is 91.7 Å². The van der Waals surface area contributed by atoms with Crippen LogP contribution in [0.2, 0.25) is 0 Å². The molecule has 1 aromatic carbocycles. The van der Waals surface area contributed by atoms with Crippen molar-refractivity contribution in [2.24, 2.45) is 0 Å². The molecule has 1 N–H and O–H groups in total. The Morgan fingerprint density at radius 3 is 2.50 bits per heavy atom. The van der Waals surface area contributed by atoms with E-state index in [2.05, 4.69) is 4.74 Å². The predicted molar refractivity (Wildman–Crippen MR) is 53.0 cm³/mol. The second-order valence-corrected chi connectivity index (χ2v) is 3.14. The van der Waals surface area contributed by atoms with Crippen LogP contribution in [0.5, 0.6) is 0 Å². The SMILES string of the molecule is CCOC(=O)[C@@H](O)C(F)(F)c1ccccc1. The van der Waals surface area contributed by atoms with Crippen LogP contribution in [0, 0.1) is 0 Å². The summed E-state index contributed by atoms with van der Waals surface area (Å²) in [7, 11) is 0. The van der Waals surface area contributed by atoms with Crippen molar-refractivity contribution in [2.45, 2.75) is 19.0 Å². The summed E-state index contributed by atoms with van der Waals surface area (Å²) in [6.45, 7) is 1.42. The third kappa shape index (κ3) is 2.55. The Morgan fingerprint density at radius 2 is 2.00 bits per heavy atom. The lowest BCUT2D eigenvalue weighted by Gasteiger charge is -2.21. The molecule has 0 heterocycles. The Kier molecular flexibility index (Phi) is 3.95. The molecule has 5 heteroatoms. The lowest BCUT2D eigenvalue weighted by molar-refractivity contribution is -0.178. The Morgan fingerprint density at radius 1 is 1.44 bits per heavy atom. The number of benzene rings is 1. The highest BCUT2D eigenvalue weighted by Crippen LogP contribution is 2.32. The molecule has 88 valence electrons. The zero-order valence-corrected chi connectivity index (χ0v) is 8.69. The number of aliphatic hydroxyl groups excluding tert-OH is 1. The van der Waals surface area contributed by atoms with Gasteiger partial charge in [-0.15, -0.1) is 0 Å². The fraction of sp³-hybridized carbons (Fsp3) is 0.364. The van der Waals surface area contributed by atoms with Crippen LogP contribution < -0.4 is 0 Å². The number of alkyl halides is 2. The summed E-state index contributed by atoms with van der Waals surface area (Å²) < 4.78 is 31.5. The highest BCUT2D eigenvalue weighted by Gasteiger charge is 2.45. The third-order valence-electron chi connectivity index (χ3n) is 2.01. The molecule has 1 atom stereocenters. The molecule has 0 bridgehead atoms. The monoisotopic (exact) mass is 230 g/mol. The first-order chi connectivity index (χ1) is 7.50. The highest BCUT2D eigenvalue weighted by atomic mass is 19.3. The molecule has 3 nitrogen and oxygen atoms in total. The predicted octanol–water partition coefficient (Wildman–Crippen LogP) is 1.70. The number of carbonyl (C=O) groups is 1. The van der Waals surface area contributed by atoms with Gasteiger partial charge in [0, 0.05) is 5.56 Å². The van der Waals surface area contributed by atoms with Gasteiger partial charge in [0.2, 0.25) is 6.10 Å². The second-order valence-electron chi connectivity index (χ2n) is 3.14. The van der Waals surface area contributed by atoms with Crippen LogP contribution in [0.25, 0.3) is 0 Å². The van der Waals surface area contributed by atoms with Gasteiger partial charge in [-0.3, -0.25) is 0 Å².